The standard InChI is InChI=1S/C8H9N5O2/c9-7(15)5-1-6(14)13(2-5)8-11-3-10-4-12-8/h3-5H,1-2H2,(H2,9,15). The summed E-state index contributed by atoms with van der Waals surface area (Å²) in [6, 6.07) is 0. The second-order valence-corrected chi connectivity index (χ2v) is 3.25. The molecule has 7 nitrogen and oxygen atoms in total. The zero-order valence-corrected chi connectivity index (χ0v) is 7.83. The second-order valence-electron chi connectivity index (χ2n) is 3.25. The van der Waals surface area contributed by atoms with Crippen LogP contribution in [0.5, 0.6) is 0 Å². The summed E-state index contributed by atoms with van der Waals surface area (Å²) in [6.45, 7) is 0.248. The molecule has 1 aromatic heterocycles. The Balaban J connectivity index is 2.19. The number of carbonyl (C=O) groups excluding carboxylic acids is 2. The maximum Gasteiger partial charge on any atom is 0.235 e. The number of amides is 2. The van der Waals surface area contributed by atoms with E-state index < -0.39 is 11.8 Å². The van der Waals surface area contributed by atoms with Crippen LogP contribution >= 0.6 is 0 Å². The van der Waals surface area contributed by atoms with E-state index in [1.165, 1.54) is 17.6 Å². The Morgan fingerprint density at radius 2 is 2.13 bits per heavy atom. The van der Waals surface area contributed by atoms with Crippen LogP contribution in [0.25, 0.3) is 0 Å². The van der Waals surface area contributed by atoms with Crippen molar-refractivity contribution in [2.24, 2.45) is 11.7 Å². The molecule has 0 bridgehead atoms. The first-order chi connectivity index (χ1) is 7.18. The van der Waals surface area contributed by atoms with Crippen molar-refractivity contribution < 1.29 is 9.59 Å². The molecule has 0 saturated carbocycles. The molecule has 0 aliphatic carbocycles. The third-order valence-corrected chi connectivity index (χ3v) is 2.25. The molecule has 2 heterocycles. The summed E-state index contributed by atoms with van der Waals surface area (Å²) in [4.78, 5) is 35.1. The molecule has 1 aromatic rings. The number of nitrogens with two attached hydrogens (primary N) is 1. The highest BCUT2D eigenvalue weighted by Crippen LogP contribution is 2.20. The van der Waals surface area contributed by atoms with Crippen molar-refractivity contribution in [2.45, 2.75) is 6.42 Å². The minimum atomic E-state index is -0.472. The number of primary amides is 1. The summed E-state index contributed by atoms with van der Waals surface area (Å²) < 4.78 is 0. The summed E-state index contributed by atoms with van der Waals surface area (Å²) >= 11 is 0. The zero-order valence-electron chi connectivity index (χ0n) is 7.83. The van der Waals surface area contributed by atoms with E-state index in [0.29, 0.717) is 0 Å². The van der Waals surface area contributed by atoms with Gasteiger partial charge < -0.3 is 5.73 Å². The Kier molecular flexibility index (Phi) is 2.28. The Labute approximate surface area is 85.3 Å². The van der Waals surface area contributed by atoms with E-state index in [1.54, 1.807) is 0 Å². The lowest BCUT2D eigenvalue weighted by Gasteiger charge is -2.12. The third-order valence-electron chi connectivity index (χ3n) is 2.25. The van der Waals surface area contributed by atoms with Crippen LogP contribution in [-0.4, -0.2) is 33.3 Å². The van der Waals surface area contributed by atoms with Gasteiger partial charge in [-0.25, -0.2) is 15.0 Å². The number of rotatable bonds is 2. The van der Waals surface area contributed by atoms with Crippen molar-refractivity contribution in [1.82, 2.24) is 15.0 Å². The van der Waals surface area contributed by atoms with Gasteiger partial charge in [-0.3, -0.25) is 14.5 Å². The summed E-state index contributed by atoms with van der Waals surface area (Å²) in [5, 5.41) is 0. The molecule has 15 heavy (non-hydrogen) atoms. The van der Waals surface area contributed by atoms with E-state index >= 15 is 0 Å². The van der Waals surface area contributed by atoms with E-state index in [-0.39, 0.29) is 24.8 Å². The van der Waals surface area contributed by atoms with Crippen molar-refractivity contribution in [1.29, 1.82) is 0 Å². The maximum absolute atomic E-state index is 11.5. The minimum absolute atomic E-state index is 0.126. The van der Waals surface area contributed by atoms with Crippen molar-refractivity contribution in [2.75, 3.05) is 11.4 Å². The van der Waals surface area contributed by atoms with Gasteiger partial charge in [0.1, 0.15) is 12.7 Å². The van der Waals surface area contributed by atoms with Gasteiger partial charge in [0, 0.05) is 13.0 Å². The highest BCUT2D eigenvalue weighted by molar-refractivity contribution is 5.98. The number of carbonyl (C=O) groups is 2. The lowest BCUT2D eigenvalue weighted by Crippen LogP contribution is -2.29. The average molecular weight is 207 g/mol. The normalized spacial score (nSPS) is 20.7. The average Bonchev–Trinajstić information content (AvgIpc) is 2.62. The Morgan fingerprint density at radius 1 is 1.47 bits per heavy atom. The van der Waals surface area contributed by atoms with Gasteiger partial charge in [-0.15, -0.1) is 0 Å². The van der Waals surface area contributed by atoms with Crippen LogP contribution in [0.4, 0.5) is 5.95 Å². The quantitative estimate of drug-likeness (QED) is 0.650. The lowest BCUT2D eigenvalue weighted by molar-refractivity contribution is -0.123. The number of hydrogen-bond acceptors (Lipinski definition) is 5. The van der Waals surface area contributed by atoms with Crippen LogP contribution < -0.4 is 10.6 Å². The number of aromatic nitrogens is 3. The topological polar surface area (TPSA) is 102 Å². The molecule has 0 spiro atoms. The largest absolute Gasteiger partial charge is 0.369 e. The Morgan fingerprint density at radius 3 is 2.67 bits per heavy atom. The van der Waals surface area contributed by atoms with Crippen LogP contribution in [0.2, 0.25) is 0 Å². The predicted octanol–water partition coefficient (Wildman–Crippen LogP) is -1.29. The highest BCUT2D eigenvalue weighted by Gasteiger charge is 2.35. The monoisotopic (exact) mass is 207 g/mol. The summed E-state index contributed by atoms with van der Waals surface area (Å²) in [6.07, 6.45) is 2.72. The fourth-order valence-corrected chi connectivity index (χ4v) is 1.46. The van der Waals surface area contributed by atoms with Gasteiger partial charge in [-0.1, -0.05) is 0 Å². The Bertz CT molecular complexity index is 393. The van der Waals surface area contributed by atoms with E-state index in [2.05, 4.69) is 15.0 Å². The molecule has 1 unspecified atom stereocenters. The first-order valence-corrected chi connectivity index (χ1v) is 4.40. The molecule has 2 N–H and O–H groups in total. The molecule has 2 rings (SSSR count). The van der Waals surface area contributed by atoms with Crippen molar-refractivity contribution in [3.8, 4) is 0 Å². The molecule has 1 saturated heterocycles. The second kappa shape index (κ2) is 3.60. The van der Waals surface area contributed by atoms with E-state index in [0.717, 1.165) is 0 Å². The van der Waals surface area contributed by atoms with Crippen molar-refractivity contribution in [3.63, 3.8) is 0 Å². The summed E-state index contributed by atoms with van der Waals surface area (Å²) in [7, 11) is 0. The van der Waals surface area contributed by atoms with E-state index in [9.17, 15) is 9.59 Å². The van der Waals surface area contributed by atoms with Crippen LogP contribution in [0.3, 0.4) is 0 Å². The van der Waals surface area contributed by atoms with Crippen LogP contribution in [-0.2, 0) is 9.59 Å². The van der Waals surface area contributed by atoms with Crippen LogP contribution in [0.1, 0.15) is 6.42 Å². The smallest absolute Gasteiger partial charge is 0.235 e. The first kappa shape index (κ1) is 9.50. The van der Waals surface area contributed by atoms with Gasteiger partial charge in [-0.2, -0.15) is 0 Å². The first-order valence-electron chi connectivity index (χ1n) is 4.40. The molecule has 1 aliphatic heterocycles. The molecule has 2 amide bonds. The molecule has 0 aromatic carbocycles. The van der Waals surface area contributed by atoms with Crippen LogP contribution in [0.15, 0.2) is 12.7 Å². The maximum atomic E-state index is 11.5. The zero-order chi connectivity index (χ0) is 10.8. The van der Waals surface area contributed by atoms with Gasteiger partial charge in [0.2, 0.25) is 17.8 Å². The number of hydrogen-bond donors (Lipinski definition) is 1. The van der Waals surface area contributed by atoms with Gasteiger partial charge in [0.15, 0.2) is 0 Å². The minimum Gasteiger partial charge on any atom is -0.369 e. The fourth-order valence-electron chi connectivity index (χ4n) is 1.46. The SMILES string of the molecule is NC(=O)C1CC(=O)N(c2ncncn2)C1. The molecular weight excluding hydrogens is 198 g/mol. The molecule has 1 atom stereocenters. The predicted molar refractivity (Wildman–Crippen MR) is 49.5 cm³/mol. The highest BCUT2D eigenvalue weighted by atomic mass is 16.2. The third kappa shape index (κ3) is 1.76. The molecule has 0 radical (unpaired) electrons. The van der Waals surface area contributed by atoms with Crippen LogP contribution in [0, 0.1) is 5.92 Å². The number of anilines is 1. The van der Waals surface area contributed by atoms with Gasteiger partial charge in [0.05, 0.1) is 5.92 Å². The van der Waals surface area contributed by atoms with Crippen molar-refractivity contribution >= 4 is 17.8 Å². The van der Waals surface area contributed by atoms with Crippen molar-refractivity contribution in [3.05, 3.63) is 12.7 Å². The number of nitrogens with zero attached hydrogens (tertiary/aromatic N) is 4. The molecular formula is C8H9N5O2. The van der Waals surface area contributed by atoms with Gasteiger partial charge >= 0.3 is 0 Å². The lowest BCUT2D eigenvalue weighted by atomic mass is 10.1. The van der Waals surface area contributed by atoms with Gasteiger partial charge in [0.25, 0.3) is 0 Å². The summed E-state index contributed by atoms with van der Waals surface area (Å²) in [5.74, 6) is -0.849. The fraction of sp³-hybridized carbons (Fsp3) is 0.375. The van der Waals surface area contributed by atoms with Gasteiger partial charge in [-0.05, 0) is 0 Å². The summed E-state index contributed by atoms with van der Waals surface area (Å²) in [5.41, 5.74) is 5.13. The molecule has 78 valence electrons. The van der Waals surface area contributed by atoms with E-state index in [4.69, 9.17) is 5.73 Å². The molecule has 7 heteroatoms. The molecule has 1 aliphatic rings. The van der Waals surface area contributed by atoms with E-state index in [1.807, 2.05) is 0 Å². The Hall–Kier alpha value is -2.05. The molecule has 1 fully saturated rings.